The minimum absolute atomic E-state index is 0.340. The Bertz CT molecular complexity index is 682. The molecule has 2 amide bonds. The molecule has 0 spiro atoms. The minimum Gasteiger partial charge on any atom is -0.426 e. The van der Waals surface area contributed by atoms with Gasteiger partial charge in [0.05, 0.1) is 6.04 Å². The minimum atomic E-state index is -0.921. The summed E-state index contributed by atoms with van der Waals surface area (Å²) in [6.45, 7) is 1.62. The van der Waals surface area contributed by atoms with Gasteiger partial charge in [-0.25, -0.2) is 4.79 Å². The van der Waals surface area contributed by atoms with Crippen molar-refractivity contribution in [3.63, 3.8) is 0 Å². The van der Waals surface area contributed by atoms with Gasteiger partial charge in [0, 0.05) is 11.8 Å². The molecule has 23 heavy (non-hydrogen) atoms. The monoisotopic (exact) mass is 334 g/mol. The summed E-state index contributed by atoms with van der Waals surface area (Å²) in [5, 5.41) is 9.79. The van der Waals surface area contributed by atoms with Crippen LogP contribution in [0.2, 0.25) is 0 Å². The zero-order valence-electron chi connectivity index (χ0n) is 12.5. The molecule has 7 heteroatoms. The van der Waals surface area contributed by atoms with Crippen LogP contribution in [0.3, 0.4) is 0 Å². The molecule has 0 saturated heterocycles. The third kappa shape index (κ3) is 4.80. The fourth-order valence-corrected chi connectivity index (χ4v) is 1.98. The lowest BCUT2D eigenvalue weighted by Gasteiger charge is -2.16. The van der Waals surface area contributed by atoms with Crippen molar-refractivity contribution in [2.45, 2.75) is 18.7 Å². The number of nitrogens with two attached hydrogens (primary N) is 1. The van der Waals surface area contributed by atoms with E-state index < -0.39 is 12.1 Å². The third-order valence-corrected chi connectivity index (χ3v) is 3.44. The van der Waals surface area contributed by atoms with Crippen LogP contribution in [0.5, 0.6) is 11.7 Å². The van der Waals surface area contributed by atoms with E-state index in [0.29, 0.717) is 28.3 Å². The summed E-state index contributed by atoms with van der Waals surface area (Å²) in [6, 6.07) is 9.42. The lowest BCUT2D eigenvalue weighted by atomic mass is 10.2. The van der Waals surface area contributed by atoms with Crippen LogP contribution >= 0.6 is 12.6 Å². The second-order valence-corrected chi connectivity index (χ2v) is 5.16. The molecule has 0 bridgehead atoms. The Morgan fingerprint density at radius 3 is 2.70 bits per heavy atom. The van der Waals surface area contributed by atoms with E-state index in [2.05, 4.69) is 12.6 Å². The number of carbonyl (C=O) groups is 1. The number of urea groups is 1. The molecule has 0 fully saturated rings. The first-order valence-electron chi connectivity index (χ1n) is 6.93. The van der Waals surface area contributed by atoms with Gasteiger partial charge in [0.15, 0.2) is 0 Å². The number of hydroxylamine groups is 2. The summed E-state index contributed by atoms with van der Waals surface area (Å²) in [4.78, 5) is 10.8. The number of benzene rings is 1. The smallest absolute Gasteiger partial charge is 0.339 e. The topological polar surface area (TPSA) is 88.9 Å². The Hall–Kier alpha value is -2.38. The van der Waals surface area contributed by atoms with Gasteiger partial charge < -0.3 is 14.9 Å². The summed E-state index contributed by atoms with van der Waals surface area (Å²) in [6.07, 6.45) is 3.20. The van der Waals surface area contributed by atoms with Crippen LogP contribution in [0.25, 0.3) is 6.08 Å². The van der Waals surface area contributed by atoms with E-state index in [1.165, 1.54) is 0 Å². The van der Waals surface area contributed by atoms with E-state index in [-0.39, 0.29) is 0 Å². The Morgan fingerprint density at radius 1 is 1.39 bits per heavy atom. The summed E-state index contributed by atoms with van der Waals surface area (Å²) in [5.41, 5.74) is 6.07. The number of hydrogen-bond donors (Lipinski definition) is 3. The van der Waals surface area contributed by atoms with Crippen LogP contribution in [0.15, 0.2) is 46.9 Å². The van der Waals surface area contributed by atoms with Crippen molar-refractivity contribution in [3.05, 3.63) is 53.8 Å². The van der Waals surface area contributed by atoms with Crippen molar-refractivity contribution in [1.82, 2.24) is 5.06 Å². The van der Waals surface area contributed by atoms with Crippen molar-refractivity contribution in [2.75, 3.05) is 0 Å². The maximum Gasteiger partial charge on any atom is 0.339 e. The van der Waals surface area contributed by atoms with E-state index in [4.69, 9.17) is 14.9 Å². The molecular weight excluding hydrogens is 316 g/mol. The molecule has 122 valence electrons. The maximum atomic E-state index is 10.8. The summed E-state index contributed by atoms with van der Waals surface area (Å²) >= 11 is 4.20. The number of rotatable bonds is 6. The first-order chi connectivity index (χ1) is 11.0. The zero-order chi connectivity index (χ0) is 16.8. The molecule has 3 N–H and O–H groups in total. The molecule has 0 aliphatic rings. The van der Waals surface area contributed by atoms with Crippen LogP contribution < -0.4 is 10.5 Å². The number of nitrogens with zero attached hydrogens (tertiary/aromatic N) is 1. The Labute approximate surface area is 139 Å². The highest BCUT2D eigenvalue weighted by molar-refractivity contribution is 7.79. The van der Waals surface area contributed by atoms with Crippen molar-refractivity contribution >= 4 is 24.7 Å². The molecular formula is C16H18N2O4S. The third-order valence-electron chi connectivity index (χ3n) is 3.08. The Balaban J connectivity index is 1.98. The summed E-state index contributed by atoms with van der Waals surface area (Å²) in [5.74, 6) is 2.19. The van der Waals surface area contributed by atoms with Gasteiger partial charge in [-0.2, -0.15) is 17.7 Å². The molecule has 1 heterocycles. The van der Waals surface area contributed by atoms with Crippen molar-refractivity contribution in [1.29, 1.82) is 0 Å². The largest absolute Gasteiger partial charge is 0.426 e. The Morgan fingerprint density at radius 2 is 2.09 bits per heavy atom. The molecule has 0 aliphatic heterocycles. The number of primary amides is 1. The zero-order valence-corrected chi connectivity index (χ0v) is 13.4. The van der Waals surface area contributed by atoms with E-state index in [1.807, 2.05) is 24.3 Å². The summed E-state index contributed by atoms with van der Waals surface area (Å²) in [7, 11) is 0. The standard InChI is InChI=1S/C16H18N2O4S/c1-11(18(20)16(17)19)2-5-13-8-9-15(21-13)22-14-6-3-12(10-23)4-7-14/h2-9,11,20,23H,10H2,1H3,(H2,17,19)/b5-2+. The normalized spacial score (nSPS) is 12.3. The predicted octanol–water partition coefficient (Wildman–Crippen LogP) is 3.67. The summed E-state index contributed by atoms with van der Waals surface area (Å²) < 4.78 is 11.1. The SMILES string of the molecule is CC(/C=C/c1ccc(Oc2ccc(CS)cc2)o1)N(O)C(N)=O. The average molecular weight is 334 g/mol. The predicted molar refractivity (Wildman–Crippen MR) is 89.6 cm³/mol. The first kappa shape index (κ1) is 17.0. The second kappa shape index (κ2) is 7.75. The lowest BCUT2D eigenvalue weighted by molar-refractivity contribution is -0.0560. The highest BCUT2D eigenvalue weighted by atomic mass is 32.1. The van der Waals surface area contributed by atoms with E-state index >= 15 is 0 Å². The molecule has 1 atom stereocenters. The number of ether oxygens (including phenoxy) is 1. The van der Waals surface area contributed by atoms with Gasteiger partial charge in [-0.15, -0.1) is 0 Å². The quantitative estimate of drug-likeness (QED) is 0.427. The fraction of sp³-hybridized carbons (Fsp3) is 0.188. The first-order valence-corrected chi connectivity index (χ1v) is 7.56. The number of carbonyl (C=O) groups excluding carboxylic acids is 1. The highest BCUT2D eigenvalue weighted by Crippen LogP contribution is 2.25. The van der Waals surface area contributed by atoms with E-state index in [0.717, 1.165) is 5.56 Å². The fourth-order valence-electron chi connectivity index (χ4n) is 1.77. The van der Waals surface area contributed by atoms with Crippen LogP contribution in [0.1, 0.15) is 18.2 Å². The van der Waals surface area contributed by atoms with Crippen LogP contribution in [0, 0.1) is 0 Å². The van der Waals surface area contributed by atoms with Gasteiger partial charge in [-0.05, 0) is 36.8 Å². The van der Waals surface area contributed by atoms with Gasteiger partial charge in [0.2, 0.25) is 0 Å². The molecule has 2 rings (SSSR count). The molecule has 0 radical (unpaired) electrons. The molecule has 2 aromatic rings. The molecule has 0 aliphatic carbocycles. The van der Waals surface area contributed by atoms with E-state index in [1.54, 1.807) is 31.2 Å². The van der Waals surface area contributed by atoms with Gasteiger partial charge in [-0.3, -0.25) is 5.21 Å². The second-order valence-electron chi connectivity index (χ2n) is 4.84. The maximum absolute atomic E-state index is 10.8. The lowest BCUT2D eigenvalue weighted by Crippen LogP contribution is -2.38. The van der Waals surface area contributed by atoms with Crippen molar-refractivity contribution in [2.24, 2.45) is 5.73 Å². The molecule has 1 aromatic heterocycles. The highest BCUT2D eigenvalue weighted by Gasteiger charge is 2.11. The number of hydrogen-bond acceptors (Lipinski definition) is 5. The van der Waals surface area contributed by atoms with Crippen LogP contribution in [-0.2, 0) is 5.75 Å². The van der Waals surface area contributed by atoms with Gasteiger partial charge in [0.1, 0.15) is 11.5 Å². The van der Waals surface area contributed by atoms with Crippen LogP contribution in [0.4, 0.5) is 4.79 Å². The molecule has 0 saturated carbocycles. The average Bonchev–Trinajstić information content (AvgIpc) is 3.00. The number of furan rings is 1. The van der Waals surface area contributed by atoms with Crippen molar-refractivity contribution in [3.8, 4) is 11.7 Å². The van der Waals surface area contributed by atoms with Gasteiger partial charge >= 0.3 is 6.03 Å². The molecule has 1 aromatic carbocycles. The van der Waals surface area contributed by atoms with Crippen LogP contribution in [-0.4, -0.2) is 22.3 Å². The van der Waals surface area contributed by atoms with Crippen molar-refractivity contribution < 1.29 is 19.2 Å². The molecule has 6 nitrogen and oxygen atoms in total. The van der Waals surface area contributed by atoms with Gasteiger partial charge in [0.25, 0.3) is 5.95 Å². The van der Waals surface area contributed by atoms with Gasteiger partial charge in [-0.1, -0.05) is 18.2 Å². The van der Waals surface area contributed by atoms with E-state index in [9.17, 15) is 10.0 Å². The number of thiol groups is 1. The Kier molecular flexibility index (Phi) is 5.72. The number of amides is 2. The molecule has 1 unspecified atom stereocenters.